The third-order valence-corrected chi connectivity index (χ3v) is 5.32. The first kappa shape index (κ1) is 14.7. The van der Waals surface area contributed by atoms with Gasteiger partial charge in [-0.1, -0.05) is 24.3 Å². The zero-order valence-electron chi connectivity index (χ0n) is 11.0. The lowest BCUT2D eigenvalue weighted by molar-refractivity contribution is 0.0989. The second kappa shape index (κ2) is 7.14. The number of hydrogen-bond acceptors (Lipinski definition) is 4. The van der Waals surface area contributed by atoms with Crippen molar-refractivity contribution in [1.82, 2.24) is 0 Å². The lowest BCUT2D eigenvalue weighted by Gasteiger charge is -2.22. The Morgan fingerprint density at radius 1 is 1.32 bits per heavy atom. The summed E-state index contributed by atoms with van der Waals surface area (Å²) in [4.78, 5) is 0. The Balaban J connectivity index is 1.91. The molecule has 1 fully saturated rings. The average molecular weight is 283 g/mol. The van der Waals surface area contributed by atoms with Crippen LogP contribution < -0.4 is 5.73 Å². The summed E-state index contributed by atoms with van der Waals surface area (Å²) in [6.07, 6.45) is 0.979. The summed E-state index contributed by atoms with van der Waals surface area (Å²) in [6, 6.07) is 7.51. The highest BCUT2D eigenvalue weighted by atomic mass is 32.2. The third kappa shape index (κ3) is 4.11. The van der Waals surface area contributed by atoms with Crippen molar-refractivity contribution < 1.29 is 14.1 Å². The molecule has 2 rings (SSSR count). The van der Waals surface area contributed by atoms with E-state index in [1.807, 2.05) is 24.3 Å². The number of nitrogens with two attached hydrogens (primary N) is 1. The van der Waals surface area contributed by atoms with Crippen LogP contribution in [0.25, 0.3) is 0 Å². The summed E-state index contributed by atoms with van der Waals surface area (Å²) in [6.45, 7) is 1.85. The predicted octanol–water partition coefficient (Wildman–Crippen LogP) is 1.11. The molecule has 2 unspecified atom stereocenters. The van der Waals surface area contributed by atoms with E-state index < -0.39 is 16.9 Å². The molecule has 106 valence electrons. The summed E-state index contributed by atoms with van der Waals surface area (Å²) >= 11 is 0. The quantitative estimate of drug-likeness (QED) is 0.849. The van der Waals surface area contributed by atoms with Crippen LogP contribution in [0.1, 0.15) is 30.1 Å². The normalized spacial score (nSPS) is 20.1. The molecule has 0 bridgehead atoms. The molecule has 1 aromatic carbocycles. The average Bonchev–Trinajstić information content (AvgIpc) is 2.48. The van der Waals surface area contributed by atoms with Gasteiger partial charge in [0.15, 0.2) is 0 Å². The van der Waals surface area contributed by atoms with E-state index in [0.717, 1.165) is 24.0 Å². The Morgan fingerprint density at radius 3 is 2.53 bits per heavy atom. The van der Waals surface area contributed by atoms with Gasteiger partial charge in [-0.3, -0.25) is 4.21 Å². The Kier molecular flexibility index (Phi) is 5.51. The van der Waals surface area contributed by atoms with E-state index in [0.29, 0.717) is 25.5 Å². The number of benzene rings is 1. The monoisotopic (exact) mass is 283 g/mol. The van der Waals surface area contributed by atoms with Crippen molar-refractivity contribution in [2.24, 2.45) is 5.73 Å². The molecule has 3 N–H and O–H groups in total. The summed E-state index contributed by atoms with van der Waals surface area (Å²) in [5, 5.41) is 10.3. The summed E-state index contributed by atoms with van der Waals surface area (Å²) in [5.74, 6) is 0.298. The molecule has 1 heterocycles. The van der Waals surface area contributed by atoms with Gasteiger partial charge in [0.05, 0.1) is 11.9 Å². The standard InChI is InChI=1S/C14H21NO3S/c15-9-11-1-3-12(4-2-11)14(16)10-19(17)13-5-7-18-8-6-13/h1-4,13-14,16H,5-10,15H2. The minimum Gasteiger partial charge on any atom is -0.387 e. The maximum absolute atomic E-state index is 12.2. The fourth-order valence-corrected chi connectivity index (χ4v) is 3.70. The van der Waals surface area contributed by atoms with Crippen LogP contribution in [0.5, 0.6) is 0 Å². The van der Waals surface area contributed by atoms with E-state index in [2.05, 4.69) is 0 Å². The molecule has 0 aliphatic carbocycles. The van der Waals surface area contributed by atoms with Crippen LogP contribution in [0.4, 0.5) is 0 Å². The molecule has 0 saturated carbocycles. The van der Waals surface area contributed by atoms with Crippen LogP contribution in [-0.4, -0.2) is 33.5 Å². The summed E-state index contributed by atoms with van der Waals surface area (Å²) < 4.78 is 17.4. The molecule has 1 aliphatic heterocycles. The van der Waals surface area contributed by atoms with Crippen LogP contribution in [0.15, 0.2) is 24.3 Å². The lowest BCUT2D eigenvalue weighted by Crippen LogP contribution is -2.28. The highest BCUT2D eigenvalue weighted by molar-refractivity contribution is 7.85. The van der Waals surface area contributed by atoms with Gasteiger partial charge in [-0.05, 0) is 24.0 Å². The van der Waals surface area contributed by atoms with E-state index in [1.54, 1.807) is 0 Å². The number of ether oxygens (including phenoxy) is 1. The largest absolute Gasteiger partial charge is 0.387 e. The van der Waals surface area contributed by atoms with E-state index in [1.165, 1.54) is 0 Å². The molecule has 0 radical (unpaired) electrons. The smallest absolute Gasteiger partial charge is 0.0905 e. The van der Waals surface area contributed by atoms with Crippen molar-refractivity contribution in [2.75, 3.05) is 19.0 Å². The SMILES string of the molecule is NCc1ccc(C(O)CS(=O)C2CCOCC2)cc1. The van der Waals surface area contributed by atoms with Gasteiger partial charge in [0, 0.05) is 35.8 Å². The first-order valence-electron chi connectivity index (χ1n) is 6.62. The van der Waals surface area contributed by atoms with Crippen LogP contribution >= 0.6 is 0 Å². The number of aliphatic hydroxyl groups excluding tert-OH is 1. The number of hydrogen-bond donors (Lipinski definition) is 2. The Hall–Kier alpha value is -0.750. The van der Waals surface area contributed by atoms with Crippen LogP contribution in [0.2, 0.25) is 0 Å². The van der Waals surface area contributed by atoms with Crippen LogP contribution in [0, 0.1) is 0 Å². The first-order valence-corrected chi connectivity index (χ1v) is 8.01. The van der Waals surface area contributed by atoms with Gasteiger partial charge in [-0.15, -0.1) is 0 Å². The molecule has 0 amide bonds. The van der Waals surface area contributed by atoms with Crippen LogP contribution in [0.3, 0.4) is 0 Å². The molecular weight excluding hydrogens is 262 g/mol. The van der Waals surface area contributed by atoms with Crippen molar-refractivity contribution in [3.63, 3.8) is 0 Å². The minimum atomic E-state index is -0.999. The topological polar surface area (TPSA) is 72.5 Å². The van der Waals surface area contributed by atoms with Gasteiger partial charge in [0.1, 0.15) is 0 Å². The van der Waals surface area contributed by atoms with E-state index in [9.17, 15) is 9.32 Å². The summed E-state index contributed by atoms with van der Waals surface area (Å²) in [7, 11) is -0.999. The van der Waals surface area contributed by atoms with Gasteiger partial charge in [0.2, 0.25) is 0 Å². The molecule has 0 aromatic heterocycles. The zero-order valence-corrected chi connectivity index (χ0v) is 11.8. The highest BCUT2D eigenvalue weighted by Gasteiger charge is 2.22. The van der Waals surface area contributed by atoms with Gasteiger partial charge in [-0.2, -0.15) is 0 Å². The minimum absolute atomic E-state index is 0.159. The van der Waals surface area contributed by atoms with Crippen molar-refractivity contribution in [1.29, 1.82) is 0 Å². The molecular formula is C14H21NO3S. The molecule has 1 aromatic rings. The van der Waals surface area contributed by atoms with Crippen molar-refractivity contribution in [3.8, 4) is 0 Å². The number of rotatable bonds is 5. The Morgan fingerprint density at radius 2 is 1.95 bits per heavy atom. The predicted molar refractivity (Wildman–Crippen MR) is 76.1 cm³/mol. The van der Waals surface area contributed by atoms with E-state index in [-0.39, 0.29) is 5.25 Å². The maximum atomic E-state index is 12.2. The summed E-state index contributed by atoms with van der Waals surface area (Å²) in [5.41, 5.74) is 7.36. The first-order chi connectivity index (χ1) is 9.20. The molecule has 19 heavy (non-hydrogen) atoms. The highest BCUT2D eigenvalue weighted by Crippen LogP contribution is 2.20. The lowest BCUT2D eigenvalue weighted by atomic mass is 10.1. The van der Waals surface area contributed by atoms with Gasteiger partial charge in [0.25, 0.3) is 0 Å². The van der Waals surface area contributed by atoms with Crippen LogP contribution in [-0.2, 0) is 22.1 Å². The maximum Gasteiger partial charge on any atom is 0.0905 e. The molecule has 0 spiro atoms. The Labute approximate surface area is 116 Å². The van der Waals surface area contributed by atoms with E-state index in [4.69, 9.17) is 10.5 Å². The number of aliphatic hydroxyl groups is 1. The van der Waals surface area contributed by atoms with Crippen molar-refractivity contribution in [3.05, 3.63) is 35.4 Å². The fraction of sp³-hybridized carbons (Fsp3) is 0.571. The van der Waals surface area contributed by atoms with E-state index >= 15 is 0 Å². The fourth-order valence-electron chi connectivity index (χ4n) is 2.20. The Bertz CT molecular complexity index is 415. The van der Waals surface area contributed by atoms with Gasteiger partial charge < -0.3 is 15.6 Å². The molecule has 1 aliphatic rings. The molecule has 4 nitrogen and oxygen atoms in total. The zero-order chi connectivity index (χ0) is 13.7. The van der Waals surface area contributed by atoms with Crippen molar-refractivity contribution >= 4 is 10.8 Å². The van der Waals surface area contributed by atoms with Gasteiger partial charge >= 0.3 is 0 Å². The third-order valence-electron chi connectivity index (χ3n) is 3.46. The second-order valence-electron chi connectivity index (χ2n) is 4.82. The second-order valence-corrected chi connectivity index (χ2v) is 6.58. The molecule has 5 heteroatoms. The van der Waals surface area contributed by atoms with Crippen molar-refractivity contribution in [2.45, 2.75) is 30.7 Å². The van der Waals surface area contributed by atoms with Gasteiger partial charge in [-0.25, -0.2) is 0 Å². The molecule has 2 atom stereocenters. The molecule has 1 saturated heterocycles.